The summed E-state index contributed by atoms with van der Waals surface area (Å²) in [7, 11) is 0. The standard InChI is InChI=1S/C28H25N3O4S/c1-16-3-6-19(7-4-16)26(32)25-24(18-8-10-20(11-9-18)31(34)35)23-14-36-15-30(23)28(25)21-13-17(2)5-12-22(21)29-27(28)33/h3-13,23-25H,14-15H2,1-2H3,(H,29,33)/t23-,24-,25+,28-/m1/s1. The smallest absolute Gasteiger partial charge is 0.269 e. The van der Waals surface area contributed by atoms with Gasteiger partial charge in [0.1, 0.15) is 5.54 Å². The summed E-state index contributed by atoms with van der Waals surface area (Å²) in [6.07, 6.45) is 0. The lowest BCUT2D eigenvalue weighted by Gasteiger charge is -2.36. The zero-order valence-corrected chi connectivity index (χ0v) is 20.7. The summed E-state index contributed by atoms with van der Waals surface area (Å²) >= 11 is 1.75. The van der Waals surface area contributed by atoms with Crippen LogP contribution in [0.1, 0.15) is 38.5 Å². The van der Waals surface area contributed by atoms with E-state index in [2.05, 4.69) is 10.2 Å². The van der Waals surface area contributed by atoms with Crippen molar-refractivity contribution in [3.8, 4) is 0 Å². The van der Waals surface area contributed by atoms with Crippen LogP contribution in [0, 0.1) is 29.9 Å². The summed E-state index contributed by atoms with van der Waals surface area (Å²) in [6, 6.07) is 19.8. The third-order valence-corrected chi connectivity index (χ3v) is 8.92. The Hall–Kier alpha value is -3.49. The third kappa shape index (κ3) is 3.17. The normalized spacial score (nSPS) is 26.6. The van der Waals surface area contributed by atoms with Crippen molar-refractivity contribution in [1.29, 1.82) is 0 Å². The number of non-ortho nitro benzene ring substituents is 1. The number of fused-ring (bicyclic) bond motifs is 4. The van der Waals surface area contributed by atoms with Gasteiger partial charge in [0.2, 0.25) is 5.91 Å². The van der Waals surface area contributed by atoms with E-state index in [-0.39, 0.29) is 29.3 Å². The first-order valence-electron chi connectivity index (χ1n) is 11.9. The third-order valence-electron chi connectivity index (χ3n) is 7.88. The van der Waals surface area contributed by atoms with E-state index in [1.165, 1.54) is 12.1 Å². The lowest BCUT2D eigenvalue weighted by atomic mass is 9.69. The van der Waals surface area contributed by atoms with Crippen molar-refractivity contribution in [3.63, 3.8) is 0 Å². The molecule has 36 heavy (non-hydrogen) atoms. The van der Waals surface area contributed by atoms with E-state index in [1.54, 1.807) is 23.9 Å². The molecule has 3 aliphatic rings. The van der Waals surface area contributed by atoms with Crippen molar-refractivity contribution < 1.29 is 14.5 Å². The lowest BCUT2D eigenvalue weighted by Crippen LogP contribution is -2.52. The number of rotatable bonds is 4. The molecule has 0 bridgehead atoms. The minimum atomic E-state index is -1.15. The highest BCUT2D eigenvalue weighted by molar-refractivity contribution is 7.99. The van der Waals surface area contributed by atoms with Gasteiger partial charge in [-0.05, 0) is 25.5 Å². The highest BCUT2D eigenvalue weighted by Gasteiger charge is 2.69. The maximum absolute atomic E-state index is 14.4. The molecule has 0 saturated carbocycles. The van der Waals surface area contributed by atoms with Crippen LogP contribution >= 0.6 is 11.8 Å². The first-order chi connectivity index (χ1) is 17.3. The molecule has 2 fully saturated rings. The van der Waals surface area contributed by atoms with Crippen molar-refractivity contribution in [1.82, 2.24) is 4.90 Å². The predicted octanol–water partition coefficient (Wildman–Crippen LogP) is 5.03. The molecule has 3 aliphatic heterocycles. The van der Waals surface area contributed by atoms with Gasteiger partial charge in [0.15, 0.2) is 5.78 Å². The number of amides is 1. The van der Waals surface area contributed by atoms with Gasteiger partial charge in [-0.15, -0.1) is 11.8 Å². The fourth-order valence-corrected chi connectivity index (χ4v) is 7.60. The second-order valence-electron chi connectivity index (χ2n) is 9.89. The van der Waals surface area contributed by atoms with E-state index in [0.29, 0.717) is 11.4 Å². The van der Waals surface area contributed by atoms with Crippen LogP contribution < -0.4 is 5.32 Å². The Morgan fingerprint density at radius 3 is 2.44 bits per heavy atom. The van der Waals surface area contributed by atoms with E-state index in [0.717, 1.165) is 33.7 Å². The number of carbonyl (C=O) groups excluding carboxylic acids is 2. The number of anilines is 1. The van der Waals surface area contributed by atoms with E-state index < -0.39 is 16.4 Å². The van der Waals surface area contributed by atoms with Gasteiger partial charge in [0, 0.05) is 52.5 Å². The molecule has 2 saturated heterocycles. The monoisotopic (exact) mass is 499 g/mol. The maximum atomic E-state index is 14.4. The van der Waals surface area contributed by atoms with Gasteiger partial charge in [-0.25, -0.2) is 0 Å². The van der Waals surface area contributed by atoms with Crippen molar-refractivity contribution in [2.24, 2.45) is 5.92 Å². The van der Waals surface area contributed by atoms with Gasteiger partial charge in [-0.3, -0.25) is 24.6 Å². The molecule has 1 spiro atoms. The minimum Gasteiger partial charge on any atom is -0.324 e. The summed E-state index contributed by atoms with van der Waals surface area (Å²) in [5.74, 6) is 0.164. The number of hydrogen-bond donors (Lipinski definition) is 1. The van der Waals surface area contributed by atoms with Gasteiger partial charge < -0.3 is 5.32 Å². The highest BCUT2D eigenvalue weighted by atomic mass is 32.2. The largest absolute Gasteiger partial charge is 0.324 e. The number of nitrogens with one attached hydrogen (secondary N) is 1. The van der Waals surface area contributed by atoms with Crippen LogP contribution in [-0.4, -0.2) is 39.2 Å². The summed E-state index contributed by atoms with van der Waals surface area (Å²) in [4.78, 5) is 41.5. The second kappa shape index (κ2) is 8.28. The summed E-state index contributed by atoms with van der Waals surface area (Å²) in [6.45, 7) is 3.97. The van der Waals surface area contributed by atoms with Crippen molar-refractivity contribution in [3.05, 3.63) is 105 Å². The Bertz CT molecular complexity index is 1410. The van der Waals surface area contributed by atoms with E-state index >= 15 is 0 Å². The maximum Gasteiger partial charge on any atom is 0.269 e. The zero-order chi connectivity index (χ0) is 25.2. The molecule has 7 nitrogen and oxygen atoms in total. The number of hydrogen-bond acceptors (Lipinski definition) is 6. The van der Waals surface area contributed by atoms with E-state index in [1.807, 2.05) is 56.3 Å². The molecule has 3 heterocycles. The fraction of sp³-hybridized carbons (Fsp3) is 0.286. The highest BCUT2D eigenvalue weighted by Crippen LogP contribution is 2.61. The van der Waals surface area contributed by atoms with Crippen LogP contribution in [0.15, 0.2) is 66.7 Å². The number of nitrogens with zero attached hydrogens (tertiary/aromatic N) is 2. The Labute approximate surface area is 213 Å². The van der Waals surface area contributed by atoms with E-state index in [9.17, 15) is 19.7 Å². The Kier molecular flexibility index (Phi) is 5.28. The molecule has 3 aromatic rings. The number of carbonyl (C=O) groups is 2. The molecule has 0 aromatic heterocycles. The molecule has 0 aliphatic carbocycles. The molecular weight excluding hydrogens is 474 g/mol. The number of ketones is 1. The van der Waals surface area contributed by atoms with Crippen LogP contribution in [-0.2, 0) is 10.3 Å². The fourth-order valence-electron chi connectivity index (χ4n) is 6.28. The number of nitro groups is 1. The molecule has 0 unspecified atom stereocenters. The topological polar surface area (TPSA) is 92.5 Å². The molecule has 4 atom stereocenters. The van der Waals surface area contributed by atoms with Crippen molar-refractivity contribution in [2.75, 3.05) is 16.9 Å². The predicted molar refractivity (Wildman–Crippen MR) is 139 cm³/mol. The molecule has 182 valence electrons. The van der Waals surface area contributed by atoms with Gasteiger partial charge in [0.05, 0.1) is 10.8 Å². The molecule has 0 radical (unpaired) electrons. The van der Waals surface area contributed by atoms with Gasteiger partial charge in [0.25, 0.3) is 5.69 Å². The zero-order valence-electron chi connectivity index (χ0n) is 19.9. The van der Waals surface area contributed by atoms with Crippen LogP contribution in [0.25, 0.3) is 0 Å². The molecule has 1 N–H and O–H groups in total. The van der Waals surface area contributed by atoms with Gasteiger partial charge in [-0.1, -0.05) is 59.7 Å². The minimum absolute atomic E-state index is 0.00473. The van der Waals surface area contributed by atoms with Gasteiger partial charge in [-0.2, -0.15) is 0 Å². The summed E-state index contributed by atoms with van der Waals surface area (Å²) in [5, 5.41) is 14.4. The Balaban J connectivity index is 1.59. The van der Waals surface area contributed by atoms with Crippen LogP contribution in [0.2, 0.25) is 0 Å². The Morgan fingerprint density at radius 2 is 1.75 bits per heavy atom. The number of nitro benzene ring substituents is 1. The summed E-state index contributed by atoms with van der Waals surface area (Å²) in [5.41, 5.74) is 3.93. The number of aryl methyl sites for hydroxylation is 2. The molecule has 8 heteroatoms. The lowest BCUT2D eigenvalue weighted by molar-refractivity contribution is -0.384. The number of benzene rings is 3. The average Bonchev–Trinajstić information content (AvgIpc) is 3.52. The molecule has 1 amide bonds. The Morgan fingerprint density at radius 1 is 1.06 bits per heavy atom. The van der Waals surface area contributed by atoms with E-state index in [4.69, 9.17) is 0 Å². The first kappa shape index (κ1) is 22.9. The first-order valence-corrected chi connectivity index (χ1v) is 13.1. The van der Waals surface area contributed by atoms with Crippen molar-refractivity contribution in [2.45, 2.75) is 31.3 Å². The molecule has 6 rings (SSSR count). The van der Waals surface area contributed by atoms with Crippen LogP contribution in [0.5, 0.6) is 0 Å². The van der Waals surface area contributed by atoms with Gasteiger partial charge >= 0.3 is 0 Å². The molecule has 3 aromatic carbocycles. The summed E-state index contributed by atoms with van der Waals surface area (Å²) < 4.78 is 0. The van der Waals surface area contributed by atoms with Crippen LogP contribution in [0.4, 0.5) is 11.4 Å². The average molecular weight is 500 g/mol. The number of thioether (sulfide) groups is 1. The SMILES string of the molecule is Cc1ccc(C(=O)[C@@H]2[C@H](c3ccc([N+](=O)[O-])cc3)[C@H]3CSCN3[C@@]23C(=O)Nc2ccc(C)cc23)cc1. The van der Waals surface area contributed by atoms with Crippen molar-refractivity contribution >= 4 is 34.8 Å². The second-order valence-corrected chi connectivity index (χ2v) is 10.9. The quantitative estimate of drug-likeness (QED) is 0.308. The molecular formula is C28H25N3O4S. The number of Topliss-reactive ketones (excluding diaryl/α,β-unsaturated/α-hetero) is 1. The van der Waals surface area contributed by atoms with Crippen LogP contribution in [0.3, 0.4) is 0 Å².